The summed E-state index contributed by atoms with van der Waals surface area (Å²) in [7, 11) is -2.61. The molecular formula is C24H40OSi2. The normalized spacial score (nSPS) is 12.3. The molecule has 1 nitrogen and oxygen atoms in total. The minimum Gasteiger partial charge on any atom is -0.489 e. The van der Waals surface area contributed by atoms with Crippen molar-refractivity contribution in [1.82, 2.24) is 0 Å². The van der Waals surface area contributed by atoms with Gasteiger partial charge in [0.15, 0.2) is 0 Å². The highest BCUT2D eigenvalue weighted by Crippen LogP contribution is 2.45. The van der Waals surface area contributed by atoms with Gasteiger partial charge in [0, 0.05) is 5.56 Å². The van der Waals surface area contributed by atoms with E-state index in [-0.39, 0.29) is 0 Å². The monoisotopic (exact) mass is 400 g/mol. The van der Waals surface area contributed by atoms with E-state index in [2.05, 4.69) is 59.5 Å². The average molecular weight is 401 g/mol. The summed E-state index contributed by atoms with van der Waals surface area (Å²) < 4.78 is 5.83. The van der Waals surface area contributed by atoms with Gasteiger partial charge in [-0.3, -0.25) is 0 Å². The van der Waals surface area contributed by atoms with Gasteiger partial charge < -0.3 is 4.74 Å². The first-order chi connectivity index (χ1) is 13.1. The standard InChI is InChI=1S/C24H40OSi2/c1-7-26(8-2,9-3)24(27(10-4,11-5)12-6)20-22-25-21-16-19-23-17-14-13-15-18-23/h13-15,17-18,20,22,24H,7-12,21H2,1-6H3/b22-20-. The predicted octanol–water partition coefficient (Wildman–Crippen LogP) is 7.49. The lowest BCUT2D eigenvalue weighted by molar-refractivity contribution is 0.295. The molecule has 1 aromatic rings. The molecule has 0 N–H and O–H groups in total. The summed E-state index contributed by atoms with van der Waals surface area (Å²) in [5, 5.41) is 0.812. The Kier molecular flexibility index (Phi) is 10.8. The molecule has 0 aliphatic rings. The molecule has 1 aromatic carbocycles. The quantitative estimate of drug-likeness (QED) is 0.162. The van der Waals surface area contributed by atoms with Gasteiger partial charge in [0.2, 0.25) is 0 Å². The molecule has 0 spiro atoms. The van der Waals surface area contributed by atoms with Gasteiger partial charge in [-0.15, -0.1) is 0 Å². The topological polar surface area (TPSA) is 9.23 Å². The minimum absolute atomic E-state index is 0.468. The lowest BCUT2D eigenvalue weighted by Gasteiger charge is -2.46. The number of hydrogen-bond donors (Lipinski definition) is 0. The number of benzene rings is 1. The largest absolute Gasteiger partial charge is 0.489 e. The number of ether oxygens (including phenoxy) is 1. The van der Waals surface area contributed by atoms with Crippen molar-refractivity contribution in [3.63, 3.8) is 0 Å². The Balaban J connectivity index is 2.94. The second kappa shape index (κ2) is 12.3. The Bertz CT molecular complexity index is 568. The number of allylic oxidation sites excluding steroid dienone is 1. The predicted molar refractivity (Wildman–Crippen MR) is 127 cm³/mol. The summed E-state index contributed by atoms with van der Waals surface area (Å²) in [6, 6.07) is 18.4. The molecule has 0 fully saturated rings. The van der Waals surface area contributed by atoms with E-state index in [0.717, 1.165) is 10.7 Å². The van der Waals surface area contributed by atoms with Crippen molar-refractivity contribution >= 4 is 16.1 Å². The second-order valence-corrected chi connectivity index (χ2v) is 19.1. The summed E-state index contributed by atoms with van der Waals surface area (Å²) in [4.78, 5) is 0. The highest BCUT2D eigenvalue weighted by atomic mass is 28.4. The maximum Gasteiger partial charge on any atom is 0.148 e. The summed E-state index contributed by atoms with van der Waals surface area (Å²) in [6.45, 7) is 15.1. The van der Waals surface area contributed by atoms with E-state index in [9.17, 15) is 0 Å². The third-order valence-corrected chi connectivity index (χ3v) is 22.2. The van der Waals surface area contributed by atoms with Crippen LogP contribution in [-0.2, 0) is 4.74 Å². The molecule has 0 aliphatic heterocycles. The molecule has 150 valence electrons. The van der Waals surface area contributed by atoms with Crippen LogP contribution in [0.25, 0.3) is 0 Å². The molecule has 0 saturated carbocycles. The van der Waals surface area contributed by atoms with Gasteiger partial charge in [-0.25, -0.2) is 0 Å². The fraction of sp³-hybridized carbons (Fsp3) is 0.583. The van der Waals surface area contributed by atoms with Crippen molar-refractivity contribution in [2.24, 2.45) is 0 Å². The van der Waals surface area contributed by atoms with Crippen molar-refractivity contribution in [3.8, 4) is 11.8 Å². The molecule has 0 heterocycles. The SMILES string of the molecule is CC[Si](CC)(CC)C(/C=C\OCC#Cc1ccccc1)[Si](CC)(CC)CC. The zero-order valence-electron chi connectivity index (χ0n) is 18.5. The van der Waals surface area contributed by atoms with Crippen LogP contribution in [0.5, 0.6) is 0 Å². The Morgan fingerprint density at radius 3 is 1.74 bits per heavy atom. The summed E-state index contributed by atoms with van der Waals surface area (Å²) in [5.41, 5.74) is 1.05. The molecule has 0 bridgehead atoms. The van der Waals surface area contributed by atoms with E-state index in [1.165, 1.54) is 36.3 Å². The van der Waals surface area contributed by atoms with Crippen LogP contribution in [0.1, 0.15) is 47.1 Å². The molecule has 1 rings (SSSR count). The summed E-state index contributed by atoms with van der Waals surface area (Å²) in [6.07, 6.45) is 4.48. The smallest absolute Gasteiger partial charge is 0.148 e. The molecule has 27 heavy (non-hydrogen) atoms. The van der Waals surface area contributed by atoms with Crippen molar-refractivity contribution in [2.75, 3.05) is 6.61 Å². The van der Waals surface area contributed by atoms with E-state index in [1.54, 1.807) is 0 Å². The first-order valence-electron chi connectivity index (χ1n) is 10.9. The van der Waals surface area contributed by atoms with Crippen LogP contribution in [0.2, 0.25) is 41.4 Å². The fourth-order valence-corrected chi connectivity index (χ4v) is 20.2. The Labute approximate surface area is 170 Å². The van der Waals surface area contributed by atoms with E-state index in [0.29, 0.717) is 6.61 Å². The summed E-state index contributed by atoms with van der Waals surface area (Å²) in [5.74, 6) is 6.30. The van der Waals surface area contributed by atoms with Crippen LogP contribution < -0.4 is 0 Å². The lowest BCUT2D eigenvalue weighted by atomic mass is 10.2. The van der Waals surface area contributed by atoms with Crippen LogP contribution in [0, 0.1) is 11.8 Å². The van der Waals surface area contributed by atoms with Crippen molar-refractivity contribution < 1.29 is 4.74 Å². The lowest BCUT2D eigenvalue weighted by Crippen LogP contribution is -2.51. The molecule has 0 amide bonds. The Morgan fingerprint density at radius 2 is 1.30 bits per heavy atom. The van der Waals surface area contributed by atoms with E-state index in [4.69, 9.17) is 4.74 Å². The summed E-state index contributed by atoms with van der Waals surface area (Å²) >= 11 is 0. The van der Waals surface area contributed by atoms with Crippen LogP contribution >= 0.6 is 0 Å². The van der Waals surface area contributed by atoms with Crippen LogP contribution in [0.3, 0.4) is 0 Å². The molecule has 0 saturated heterocycles. The van der Waals surface area contributed by atoms with Crippen molar-refractivity contribution in [3.05, 3.63) is 48.2 Å². The molecule has 0 aromatic heterocycles. The molecule has 0 radical (unpaired) electrons. The van der Waals surface area contributed by atoms with E-state index >= 15 is 0 Å². The van der Waals surface area contributed by atoms with Crippen LogP contribution in [-0.4, -0.2) is 22.8 Å². The molecule has 0 aliphatic carbocycles. The molecule has 0 atom stereocenters. The Morgan fingerprint density at radius 1 is 0.815 bits per heavy atom. The van der Waals surface area contributed by atoms with Gasteiger partial charge in [0.25, 0.3) is 0 Å². The first kappa shape index (κ1) is 23.8. The molecular weight excluding hydrogens is 360 g/mol. The third kappa shape index (κ3) is 6.12. The van der Waals surface area contributed by atoms with Gasteiger partial charge in [-0.1, -0.05) is 114 Å². The number of rotatable bonds is 11. The molecule has 0 unspecified atom stereocenters. The van der Waals surface area contributed by atoms with Crippen LogP contribution in [0.4, 0.5) is 0 Å². The van der Waals surface area contributed by atoms with Crippen molar-refractivity contribution in [1.29, 1.82) is 0 Å². The molecule has 3 heteroatoms. The van der Waals surface area contributed by atoms with Gasteiger partial charge in [0.05, 0.1) is 22.4 Å². The van der Waals surface area contributed by atoms with E-state index in [1.807, 2.05) is 36.6 Å². The zero-order valence-corrected chi connectivity index (χ0v) is 20.5. The van der Waals surface area contributed by atoms with Gasteiger partial charge in [0.1, 0.15) is 6.61 Å². The maximum atomic E-state index is 5.83. The Hall–Kier alpha value is -1.25. The van der Waals surface area contributed by atoms with Crippen LogP contribution in [0.15, 0.2) is 42.7 Å². The second-order valence-electron chi connectivity index (χ2n) is 7.63. The van der Waals surface area contributed by atoms with Gasteiger partial charge >= 0.3 is 0 Å². The van der Waals surface area contributed by atoms with E-state index < -0.39 is 16.1 Å². The van der Waals surface area contributed by atoms with Gasteiger partial charge in [-0.2, -0.15) is 0 Å². The number of hydrogen-bond acceptors (Lipinski definition) is 1. The highest BCUT2D eigenvalue weighted by molar-refractivity contribution is 7.00. The minimum atomic E-state index is -1.31. The fourth-order valence-electron chi connectivity index (χ4n) is 4.76. The first-order valence-corrected chi connectivity index (χ1v) is 16.3. The average Bonchev–Trinajstić information content (AvgIpc) is 2.73. The maximum absolute atomic E-state index is 5.83. The third-order valence-electron chi connectivity index (χ3n) is 7.07. The highest BCUT2D eigenvalue weighted by Gasteiger charge is 2.46. The van der Waals surface area contributed by atoms with Crippen molar-refractivity contribution in [2.45, 2.75) is 83.0 Å². The van der Waals surface area contributed by atoms with Gasteiger partial charge in [-0.05, 0) is 17.3 Å². The zero-order chi connectivity index (χ0) is 20.2.